The van der Waals surface area contributed by atoms with Crippen LogP contribution in [0.15, 0.2) is 24.5 Å². The molecule has 0 bridgehead atoms. The molecule has 0 saturated heterocycles. The lowest BCUT2D eigenvalue weighted by Crippen LogP contribution is -2.32. The Balaban J connectivity index is 2.07. The Bertz CT molecular complexity index is 836. The van der Waals surface area contributed by atoms with Gasteiger partial charge in [-0.1, -0.05) is 0 Å². The Morgan fingerprint density at radius 3 is 2.31 bits per heavy atom. The van der Waals surface area contributed by atoms with Crippen molar-refractivity contribution in [3.05, 3.63) is 46.0 Å². The average Bonchev–Trinajstić information content (AvgIpc) is 3.10. The smallest absolute Gasteiger partial charge is 0.287 e. The largest absolute Gasteiger partial charge is 0.349 e. The summed E-state index contributed by atoms with van der Waals surface area (Å²) in [6.45, 7) is 1.22. The Hall–Kier alpha value is -3.14. The van der Waals surface area contributed by atoms with Crippen LogP contribution >= 0.6 is 0 Å². The zero-order valence-corrected chi connectivity index (χ0v) is 15.1. The number of hydrogen-bond donors (Lipinski definition) is 2. The van der Waals surface area contributed by atoms with Crippen molar-refractivity contribution in [1.29, 1.82) is 0 Å². The highest BCUT2D eigenvalue weighted by Crippen LogP contribution is 2.18. The van der Waals surface area contributed by atoms with Crippen molar-refractivity contribution in [3.8, 4) is 0 Å². The SMILES string of the molecule is CN(C)CCNC(=O)c1cc(NC(=O)c2cc([N+](=O)[O-])cn2C)cn1C. The van der Waals surface area contributed by atoms with Crippen LogP contribution in [0.1, 0.15) is 21.0 Å². The summed E-state index contributed by atoms with van der Waals surface area (Å²) in [5.41, 5.74) is 0.820. The van der Waals surface area contributed by atoms with Gasteiger partial charge in [-0.15, -0.1) is 0 Å². The number of carbonyl (C=O) groups is 2. The first-order valence-corrected chi connectivity index (χ1v) is 7.90. The molecule has 0 fully saturated rings. The quantitative estimate of drug-likeness (QED) is 0.559. The van der Waals surface area contributed by atoms with Crippen molar-refractivity contribution in [2.75, 3.05) is 32.5 Å². The molecule has 0 saturated carbocycles. The molecule has 10 nitrogen and oxygen atoms in total. The molecule has 0 radical (unpaired) electrons. The van der Waals surface area contributed by atoms with Gasteiger partial charge in [0.2, 0.25) is 0 Å². The molecule has 2 rings (SSSR count). The average molecular weight is 362 g/mol. The van der Waals surface area contributed by atoms with Crippen LogP contribution < -0.4 is 10.6 Å². The molecule has 0 atom stereocenters. The molecular weight excluding hydrogens is 340 g/mol. The summed E-state index contributed by atoms with van der Waals surface area (Å²) in [4.78, 5) is 36.7. The van der Waals surface area contributed by atoms with E-state index in [0.29, 0.717) is 24.5 Å². The lowest BCUT2D eigenvalue weighted by Gasteiger charge is -2.10. The number of aryl methyl sites for hydroxylation is 2. The van der Waals surface area contributed by atoms with E-state index in [4.69, 9.17) is 0 Å². The van der Waals surface area contributed by atoms with E-state index in [0.717, 1.165) is 0 Å². The monoisotopic (exact) mass is 362 g/mol. The molecule has 0 spiro atoms. The number of anilines is 1. The number of nitrogens with zero attached hydrogens (tertiary/aromatic N) is 4. The number of hydrogen-bond acceptors (Lipinski definition) is 5. The van der Waals surface area contributed by atoms with E-state index >= 15 is 0 Å². The van der Waals surface area contributed by atoms with Crippen molar-refractivity contribution >= 4 is 23.2 Å². The Labute approximate surface area is 150 Å². The molecule has 26 heavy (non-hydrogen) atoms. The van der Waals surface area contributed by atoms with Gasteiger partial charge in [-0.25, -0.2) is 0 Å². The van der Waals surface area contributed by atoms with Crippen LogP contribution in [0.25, 0.3) is 0 Å². The summed E-state index contributed by atoms with van der Waals surface area (Å²) in [5, 5.41) is 16.3. The highest BCUT2D eigenvalue weighted by atomic mass is 16.6. The van der Waals surface area contributed by atoms with Gasteiger partial charge >= 0.3 is 0 Å². The third kappa shape index (κ3) is 4.48. The van der Waals surface area contributed by atoms with E-state index in [9.17, 15) is 19.7 Å². The number of rotatable bonds is 7. The van der Waals surface area contributed by atoms with Crippen molar-refractivity contribution in [2.24, 2.45) is 14.1 Å². The predicted octanol–water partition coefficient (Wildman–Crippen LogP) is 0.815. The summed E-state index contributed by atoms with van der Waals surface area (Å²) in [6.07, 6.45) is 2.87. The van der Waals surface area contributed by atoms with Gasteiger partial charge in [0.05, 0.1) is 16.8 Å². The second-order valence-electron chi connectivity index (χ2n) is 6.19. The Morgan fingerprint density at radius 1 is 1.12 bits per heavy atom. The number of aromatic nitrogens is 2. The molecule has 2 amide bonds. The minimum atomic E-state index is -0.560. The molecule has 0 aliphatic heterocycles. The topological polar surface area (TPSA) is 114 Å². The highest BCUT2D eigenvalue weighted by Gasteiger charge is 2.19. The van der Waals surface area contributed by atoms with E-state index in [1.807, 2.05) is 19.0 Å². The lowest BCUT2D eigenvalue weighted by molar-refractivity contribution is -0.384. The van der Waals surface area contributed by atoms with Crippen molar-refractivity contribution < 1.29 is 14.5 Å². The molecule has 0 aliphatic carbocycles. The van der Waals surface area contributed by atoms with E-state index in [1.54, 1.807) is 30.9 Å². The number of nitro groups is 1. The first-order valence-electron chi connectivity index (χ1n) is 7.90. The molecule has 2 heterocycles. The van der Waals surface area contributed by atoms with Crippen LogP contribution in [-0.4, -0.2) is 58.0 Å². The minimum absolute atomic E-state index is 0.150. The van der Waals surface area contributed by atoms with E-state index in [-0.39, 0.29) is 17.3 Å². The van der Waals surface area contributed by atoms with Crippen LogP contribution in [0.3, 0.4) is 0 Å². The normalized spacial score (nSPS) is 10.8. The summed E-state index contributed by atoms with van der Waals surface area (Å²) >= 11 is 0. The zero-order chi connectivity index (χ0) is 19.4. The molecule has 0 aromatic carbocycles. The van der Waals surface area contributed by atoms with E-state index in [1.165, 1.54) is 16.8 Å². The van der Waals surface area contributed by atoms with Crippen LogP contribution in [0, 0.1) is 10.1 Å². The summed E-state index contributed by atoms with van der Waals surface area (Å²) < 4.78 is 2.99. The van der Waals surface area contributed by atoms with Gasteiger partial charge in [0, 0.05) is 39.4 Å². The van der Waals surface area contributed by atoms with Gasteiger partial charge in [0.1, 0.15) is 11.4 Å². The predicted molar refractivity (Wildman–Crippen MR) is 96.3 cm³/mol. The van der Waals surface area contributed by atoms with E-state index in [2.05, 4.69) is 10.6 Å². The maximum Gasteiger partial charge on any atom is 0.287 e. The minimum Gasteiger partial charge on any atom is -0.349 e. The summed E-state index contributed by atoms with van der Waals surface area (Å²) in [5.74, 6) is -0.741. The van der Waals surface area contributed by atoms with Crippen LogP contribution in [0.2, 0.25) is 0 Å². The molecule has 10 heteroatoms. The molecule has 0 unspecified atom stereocenters. The first kappa shape index (κ1) is 19.2. The van der Waals surface area contributed by atoms with Gasteiger partial charge in [-0.05, 0) is 20.2 Å². The molecule has 2 N–H and O–H groups in total. The van der Waals surface area contributed by atoms with Gasteiger partial charge in [-0.3, -0.25) is 19.7 Å². The molecule has 2 aromatic rings. The Kier molecular flexibility index (Phi) is 5.78. The lowest BCUT2D eigenvalue weighted by atomic mass is 10.3. The van der Waals surface area contributed by atoms with Crippen LogP contribution in [0.4, 0.5) is 11.4 Å². The fourth-order valence-corrected chi connectivity index (χ4v) is 2.41. The standard InChI is InChI=1S/C16H22N6O4/c1-19(2)6-5-17-15(23)13-7-11(9-20(13)3)18-16(24)14-8-12(22(25)26)10-21(14)4/h7-10H,5-6H2,1-4H3,(H,17,23)(H,18,24). The van der Waals surface area contributed by atoms with Gasteiger partial charge in [0.25, 0.3) is 17.5 Å². The van der Waals surface area contributed by atoms with Crippen LogP contribution in [0.5, 0.6) is 0 Å². The molecule has 0 aliphatic rings. The van der Waals surface area contributed by atoms with Gasteiger partial charge in [-0.2, -0.15) is 0 Å². The van der Waals surface area contributed by atoms with Gasteiger partial charge in [0.15, 0.2) is 0 Å². The second-order valence-corrected chi connectivity index (χ2v) is 6.19. The first-order chi connectivity index (χ1) is 12.2. The van der Waals surface area contributed by atoms with Crippen molar-refractivity contribution in [1.82, 2.24) is 19.4 Å². The van der Waals surface area contributed by atoms with Crippen LogP contribution in [-0.2, 0) is 14.1 Å². The zero-order valence-electron chi connectivity index (χ0n) is 15.1. The maximum absolute atomic E-state index is 12.3. The Morgan fingerprint density at radius 2 is 1.73 bits per heavy atom. The maximum atomic E-state index is 12.3. The molecule has 140 valence electrons. The fraction of sp³-hybridized carbons (Fsp3) is 0.375. The van der Waals surface area contributed by atoms with Gasteiger partial charge < -0.3 is 24.7 Å². The number of nitrogens with one attached hydrogen (secondary N) is 2. The molecule has 2 aromatic heterocycles. The third-order valence-corrected chi connectivity index (χ3v) is 3.77. The number of likely N-dealkylation sites (N-methyl/N-ethyl adjacent to an activating group) is 1. The molecular formula is C16H22N6O4. The second kappa shape index (κ2) is 7.83. The summed E-state index contributed by atoms with van der Waals surface area (Å²) in [7, 11) is 7.08. The van der Waals surface area contributed by atoms with Crippen molar-refractivity contribution in [2.45, 2.75) is 0 Å². The van der Waals surface area contributed by atoms with E-state index < -0.39 is 10.8 Å². The highest BCUT2D eigenvalue weighted by molar-refractivity contribution is 6.04. The summed E-state index contributed by atoms with van der Waals surface area (Å²) in [6, 6.07) is 2.76. The number of carbonyl (C=O) groups excluding carboxylic acids is 2. The fourth-order valence-electron chi connectivity index (χ4n) is 2.41. The third-order valence-electron chi connectivity index (χ3n) is 3.77. The number of amides is 2. The van der Waals surface area contributed by atoms with Crippen molar-refractivity contribution in [3.63, 3.8) is 0 Å².